The number of nitrogens with two attached hydrogens (primary N) is 1. The highest BCUT2D eigenvalue weighted by Crippen LogP contribution is 2.28. The van der Waals surface area contributed by atoms with E-state index in [0.29, 0.717) is 24.0 Å². The van der Waals surface area contributed by atoms with Crippen molar-refractivity contribution >= 4 is 26.5 Å². The van der Waals surface area contributed by atoms with Gasteiger partial charge < -0.3 is 10.8 Å². The number of anilines is 1. The molecule has 0 radical (unpaired) electrons. The highest BCUT2D eigenvalue weighted by Gasteiger charge is 2.32. The number of fused-ring (bicyclic) bond motifs is 1. The minimum absolute atomic E-state index is 0.160. The third-order valence-electron chi connectivity index (χ3n) is 3.61. The van der Waals surface area contributed by atoms with Crippen LogP contribution in [0.15, 0.2) is 41.3 Å². The molecule has 3 N–H and O–H groups in total. The van der Waals surface area contributed by atoms with Crippen molar-refractivity contribution in [3.8, 4) is 0 Å². The van der Waals surface area contributed by atoms with E-state index in [1.807, 2.05) is 6.07 Å². The van der Waals surface area contributed by atoms with Crippen molar-refractivity contribution in [3.63, 3.8) is 0 Å². The molecule has 1 heterocycles. The van der Waals surface area contributed by atoms with Crippen molar-refractivity contribution in [2.75, 3.05) is 18.8 Å². The molecule has 2 aromatic carbocycles. The molecule has 106 valence electrons. The zero-order chi connectivity index (χ0) is 14.3. The Morgan fingerprint density at radius 3 is 2.75 bits per heavy atom. The van der Waals surface area contributed by atoms with Crippen LogP contribution in [0, 0.1) is 0 Å². The van der Waals surface area contributed by atoms with Gasteiger partial charge in [-0.15, -0.1) is 0 Å². The van der Waals surface area contributed by atoms with Crippen molar-refractivity contribution in [3.05, 3.63) is 36.4 Å². The summed E-state index contributed by atoms with van der Waals surface area (Å²) in [5, 5.41) is 11.0. The van der Waals surface area contributed by atoms with Crippen LogP contribution in [0.2, 0.25) is 0 Å². The first-order valence-corrected chi connectivity index (χ1v) is 7.89. The summed E-state index contributed by atoms with van der Waals surface area (Å²) >= 11 is 0. The second-order valence-electron chi connectivity index (χ2n) is 5.04. The Balaban J connectivity index is 2.14. The molecule has 1 aliphatic heterocycles. The molecule has 0 amide bonds. The highest BCUT2D eigenvalue weighted by molar-refractivity contribution is 7.89. The van der Waals surface area contributed by atoms with Crippen molar-refractivity contribution in [1.29, 1.82) is 0 Å². The molecule has 1 saturated heterocycles. The lowest BCUT2D eigenvalue weighted by Crippen LogP contribution is -2.29. The first kappa shape index (κ1) is 13.4. The van der Waals surface area contributed by atoms with Crippen LogP contribution in [0.4, 0.5) is 5.69 Å². The van der Waals surface area contributed by atoms with Gasteiger partial charge in [-0.1, -0.05) is 18.2 Å². The lowest BCUT2D eigenvalue weighted by Gasteiger charge is -2.17. The molecule has 0 bridgehead atoms. The average molecular weight is 292 g/mol. The molecule has 20 heavy (non-hydrogen) atoms. The van der Waals surface area contributed by atoms with E-state index in [9.17, 15) is 13.5 Å². The largest absolute Gasteiger partial charge is 0.399 e. The lowest BCUT2D eigenvalue weighted by molar-refractivity contribution is 0.189. The minimum Gasteiger partial charge on any atom is -0.399 e. The van der Waals surface area contributed by atoms with E-state index < -0.39 is 16.1 Å². The maximum atomic E-state index is 12.7. The van der Waals surface area contributed by atoms with E-state index in [-0.39, 0.29) is 11.4 Å². The second-order valence-corrected chi connectivity index (χ2v) is 6.95. The highest BCUT2D eigenvalue weighted by atomic mass is 32.2. The van der Waals surface area contributed by atoms with Crippen molar-refractivity contribution in [1.82, 2.24) is 4.31 Å². The standard InChI is InChI=1S/C14H16N2O3S/c15-11-4-5-13-10(8-11)2-1-3-14(13)20(18,19)16-7-6-12(17)9-16/h1-5,8,12,17H,6-7,9,15H2. The van der Waals surface area contributed by atoms with Crippen LogP contribution in [0.25, 0.3) is 10.8 Å². The number of aliphatic hydroxyl groups is 1. The van der Waals surface area contributed by atoms with E-state index >= 15 is 0 Å². The summed E-state index contributed by atoms with van der Waals surface area (Å²) in [6.45, 7) is 0.516. The predicted octanol–water partition coefficient (Wildman–Crippen LogP) is 1.18. The van der Waals surface area contributed by atoms with Crippen molar-refractivity contribution in [2.45, 2.75) is 17.4 Å². The molecular weight excluding hydrogens is 276 g/mol. The molecule has 6 heteroatoms. The molecule has 0 saturated carbocycles. The molecule has 5 nitrogen and oxygen atoms in total. The van der Waals surface area contributed by atoms with Crippen LogP contribution >= 0.6 is 0 Å². The number of rotatable bonds is 2. The Morgan fingerprint density at radius 2 is 2.05 bits per heavy atom. The second kappa shape index (κ2) is 4.73. The summed E-state index contributed by atoms with van der Waals surface area (Å²) in [5.74, 6) is 0. The average Bonchev–Trinajstić information content (AvgIpc) is 2.85. The third kappa shape index (κ3) is 2.15. The fourth-order valence-corrected chi connectivity index (χ4v) is 4.27. The van der Waals surface area contributed by atoms with Gasteiger partial charge in [0, 0.05) is 24.2 Å². The molecule has 0 spiro atoms. The Labute approximate surface area is 117 Å². The van der Waals surface area contributed by atoms with Crippen molar-refractivity contribution < 1.29 is 13.5 Å². The number of sulfonamides is 1. The van der Waals surface area contributed by atoms with Gasteiger partial charge in [0.25, 0.3) is 0 Å². The van der Waals surface area contributed by atoms with Crippen LogP contribution in [-0.4, -0.2) is 37.0 Å². The van der Waals surface area contributed by atoms with E-state index in [0.717, 1.165) is 5.39 Å². The maximum absolute atomic E-state index is 12.7. The van der Waals surface area contributed by atoms with Gasteiger partial charge in [0.2, 0.25) is 10.0 Å². The van der Waals surface area contributed by atoms with E-state index in [4.69, 9.17) is 5.73 Å². The molecule has 1 aliphatic rings. The fraction of sp³-hybridized carbons (Fsp3) is 0.286. The number of aliphatic hydroxyl groups excluding tert-OH is 1. The molecule has 1 unspecified atom stereocenters. The third-order valence-corrected chi connectivity index (χ3v) is 5.53. The molecule has 2 aromatic rings. The van der Waals surface area contributed by atoms with E-state index in [1.165, 1.54) is 4.31 Å². The zero-order valence-corrected chi connectivity index (χ0v) is 11.7. The molecule has 0 aliphatic carbocycles. The van der Waals surface area contributed by atoms with Gasteiger partial charge in [0.1, 0.15) is 0 Å². The number of hydrogen-bond donors (Lipinski definition) is 2. The molecule has 1 atom stereocenters. The zero-order valence-electron chi connectivity index (χ0n) is 10.9. The minimum atomic E-state index is -3.58. The number of benzene rings is 2. The van der Waals surface area contributed by atoms with Crippen LogP contribution < -0.4 is 5.73 Å². The van der Waals surface area contributed by atoms with Crippen LogP contribution in [-0.2, 0) is 10.0 Å². The number of nitrogen functional groups attached to an aromatic ring is 1. The van der Waals surface area contributed by atoms with Gasteiger partial charge in [-0.3, -0.25) is 0 Å². The van der Waals surface area contributed by atoms with Gasteiger partial charge in [-0.2, -0.15) is 4.31 Å². The Bertz CT molecular complexity index is 758. The van der Waals surface area contributed by atoms with Crippen LogP contribution in [0.1, 0.15) is 6.42 Å². The Hall–Kier alpha value is -1.63. The first-order chi connectivity index (χ1) is 9.48. The van der Waals surface area contributed by atoms with Crippen LogP contribution in [0.3, 0.4) is 0 Å². The van der Waals surface area contributed by atoms with Gasteiger partial charge in [-0.05, 0) is 30.0 Å². The molecular formula is C14H16N2O3S. The van der Waals surface area contributed by atoms with E-state index in [2.05, 4.69) is 0 Å². The molecule has 1 fully saturated rings. The van der Waals surface area contributed by atoms with Gasteiger partial charge >= 0.3 is 0 Å². The summed E-state index contributed by atoms with van der Waals surface area (Å²) < 4.78 is 26.7. The number of β-amino-alcohol motifs (C(OH)–C–C–N with tert-alkyl or cyclic N) is 1. The summed E-state index contributed by atoms with van der Waals surface area (Å²) in [6.07, 6.45) is -0.0906. The van der Waals surface area contributed by atoms with E-state index in [1.54, 1.807) is 30.3 Å². The molecule has 0 aromatic heterocycles. The summed E-state index contributed by atoms with van der Waals surface area (Å²) in [7, 11) is -3.58. The predicted molar refractivity (Wildman–Crippen MR) is 77.7 cm³/mol. The first-order valence-electron chi connectivity index (χ1n) is 6.45. The smallest absolute Gasteiger partial charge is 0.243 e. The monoisotopic (exact) mass is 292 g/mol. The summed E-state index contributed by atoms with van der Waals surface area (Å²) in [4.78, 5) is 0.268. The van der Waals surface area contributed by atoms with Gasteiger partial charge in [0.15, 0.2) is 0 Å². The number of hydrogen-bond acceptors (Lipinski definition) is 4. The summed E-state index contributed by atoms with van der Waals surface area (Å²) in [5.41, 5.74) is 6.33. The van der Waals surface area contributed by atoms with Crippen molar-refractivity contribution in [2.24, 2.45) is 0 Å². The Morgan fingerprint density at radius 1 is 1.25 bits per heavy atom. The number of nitrogens with zero attached hydrogens (tertiary/aromatic N) is 1. The fourth-order valence-electron chi connectivity index (χ4n) is 2.57. The topological polar surface area (TPSA) is 83.6 Å². The summed E-state index contributed by atoms with van der Waals surface area (Å²) in [6, 6.07) is 10.3. The normalized spacial score (nSPS) is 20.6. The quantitative estimate of drug-likeness (QED) is 0.814. The Kier molecular flexibility index (Phi) is 3.16. The molecule has 3 rings (SSSR count). The van der Waals surface area contributed by atoms with Gasteiger partial charge in [0.05, 0.1) is 11.0 Å². The van der Waals surface area contributed by atoms with Gasteiger partial charge in [-0.25, -0.2) is 8.42 Å². The maximum Gasteiger partial charge on any atom is 0.243 e. The van der Waals surface area contributed by atoms with Crippen LogP contribution in [0.5, 0.6) is 0 Å². The SMILES string of the molecule is Nc1ccc2c(S(=O)(=O)N3CCC(O)C3)cccc2c1. The lowest BCUT2D eigenvalue weighted by atomic mass is 10.1.